The van der Waals surface area contributed by atoms with Crippen LogP contribution in [0.1, 0.15) is 0 Å². The number of rotatable bonds is 4. The third-order valence-corrected chi connectivity index (χ3v) is 4.36. The Bertz CT molecular complexity index is 225. The van der Waals surface area contributed by atoms with E-state index in [0.29, 0.717) is 0 Å². The van der Waals surface area contributed by atoms with Gasteiger partial charge in [0.25, 0.3) is 10.1 Å². The average Bonchev–Trinajstić information content (AvgIpc) is 1.55. The summed E-state index contributed by atoms with van der Waals surface area (Å²) in [6, 6.07) is 0. The highest BCUT2D eigenvalue weighted by molar-refractivity contribution is 7.87. The van der Waals surface area contributed by atoms with E-state index in [2.05, 4.69) is 6.58 Å². The summed E-state index contributed by atoms with van der Waals surface area (Å²) in [7, 11) is -5.31. The molecule has 0 bridgehead atoms. The second-order valence-corrected chi connectivity index (χ2v) is 9.55. The van der Waals surface area contributed by atoms with Gasteiger partial charge in [-0.15, -0.1) is 6.58 Å². The van der Waals surface area contributed by atoms with Crippen molar-refractivity contribution >= 4 is 18.4 Å². The van der Waals surface area contributed by atoms with Gasteiger partial charge in [0.05, 0.1) is 5.75 Å². The fourth-order valence-corrected chi connectivity index (χ4v) is 4.17. The van der Waals surface area contributed by atoms with Crippen LogP contribution in [0.2, 0.25) is 19.6 Å². The normalized spacial score (nSPS) is 13.0. The van der Waals surface area contributed by atoms with Gasteiger partial charge in [0.15, 0.2) is 0 Å². The van der Waals surface area contributed by atoms with E-state index in [0.717, 1.165) is 0 Å². The van der Waals surface area contributed by atoms with Crippen LogP contribution in [0.5, 0.6) is 0 Å². The van der Waals surface area contributed by atoms with E-state index in [1.807, 2.05) is 19.6 Å². The summed E-state index contributed by atoms with van der Waals surface area (Å²) in [6.07, 6.45) is 1.33. The fourth-order valence-electron chi connectivity index (χ4n) is 0.559. The molecule has 0 atom stereocenters. The lowest BCUT2D eigenvalue weighted by Gasteiger charge is -2.15. The molecule has 0 aromatic rings. The van der Waals surface area contributed by atoms with Gasteiger partial charge in [0, 0.05) is 0 Å². The number of hydrogen-bond donors (Lipinski definition) is 0. The van der Waals surface area contributed by atoms with Gasteiger partial charge >= 0.3 is 0 Å². The van der Waals surface area contributed by atoms with E-state index < -0.39 is 18.4 Å². The topological polar surface area (TPSA) is 43.4 Å². The summed E-state index contributed by atoms with van der Waals surface area (Å²) in [5.41, 5.74) is 0. The molecule has 11 heavy (non-hydrogen) atoms. The monoisotopic (exact) mass is 194 g/mol. The zero-order valence-corrected chi connectivity index (χ0v) is 8.94. The van der Waals surface area contributed by atoms with Gasteiger partial charge in [-0.1, -0.05) is 6.08 Å². The van der Waals surface area contributed by atoms with Crippen LogP contribution in [0.15, 0.2) is 12.7 Å². The Balaban J connectivity index is 4.26. The molecule has 0 saturated carbocycles. The van der Waals surface area contributed by atoms with Crippen LogP contribution in [-0.4, -0.2) is 22.5 Å². The van der Waals surface area contributed by atoms with Crippen molar-refractivity contribution in [3.63, 3.8) is 0 Å². The summed E-state index contributed by atoms with van der Waals surface area (Å²) in [4.78, 5) is 0. The molecule has 0 aromatic carbocycles. The molecule has 0 aliphatic heterocycles. The standard InChI is InChI=1S/C6H14O3SSi/c1-5-6-10(7,8)9-11(2,3)4/h5H,1,6H2,2-4H3. The summed E-state index contributed by atoms with van der Waals surface area (Å²) < 4.78 is 26.9. The predicted octanol–water partition coefficient (Wildman–Crippen LogP) is 1.35. The molecule has 0 radical (unpaired) electrons. The molecule has 0 aliphatic carbocycles. The van der Waals surface area contributed by atoms with Crippen molar-refractivity contribution in [2.24, 2.45) is 0 Å². The second kappa shape index (κ2) is 3.51. The van der Waals surface area contributed by atoms with Gasteiger partial charge in [0.1, 0.15) is 0 Å². The highest BCUT2D eigenvalue weighted by atomic mass is 32.2. The molecule has 0 unspecified atom stereocenters. The Hall–Kier alpha value is -0.133. The molecule has 0 fully saturated rings. The quantitative estimate of drug-likeness (QED) is 0.501. The van der Waals surface area contributed by atoms with Gasteiger partial charge in [-0.2, -0.15) is 0 Å². The van der Waals surface area contributed by atoms with Crippen molar-refractivity contribution < 1.29 is 12.3 Å². The highest BCUT2D eigenvalue weighted by Crippen LogP contribution is 2.08. The van der Waals surface area contributed by atoms with Crippen molar-refractivity contribution in [2.75, 3.05) is 5.75 Å². The Morgan fingerprint density at radius 1 is 1.45 bits per heavy atom. The van der Waals surface area contributed by atoms with Crippen LogP contribution < -0.4 is 0 Å². The lowest BCUT2D eigenvalue weighted by atomic mass is 10.8. The molecule has 0 saturated heterocycles. The van der Waals surface area contributed by atoms with Crippen molar-refractivity contribution in [1.82, 2.24) is 0 Å². The minimum absolute atomic E-state index is 0.0999. The van der Waals surface area contributed by atoms with Crippen LogP contribution in [-0.2, 0) is 14.0 Å². The van der Waals surface area contributed by atoms with Crippen LogP contribution in [0.3, 0.4) is 0 Å². The van der Waals surface area contributed by atoms with E-state index in [1.165, 1.54) is 6.08 Å². The van der Waals surface area contributed by atoms with Gasteiger partial charge < -0.3 is 3.87 Å². The summed E-state index contributed by atoms with van der Waals surface area (Å²) in [5, 5.41) is 0. The minimum atomic E-state index is -3.35. The maximum atomic E-state index is 11.0. The fraction of sp³-hybridized carbons (Fsp3) is 0.667. The summed E-state index contributed by atoms with van der Waals surface area (Å²) in [6.45, 7) is 8.81. The Labute approximate surface area is 69.3 Å². The molecular formula is C6H14O3SSi. The minimum Gasteiger partial charge on any atom is -0.315 e. The first-order valence-electron chi connectivity index (χ1n) is 3.31. The van der Waals surface area contributed by atoms with Crippen molar-refractivity contribution in [1.29, 1.82) is 0 Å². The Morgan fingerprint density at radius 2 is 1.91 bits per heavy atom. The van der Waals surface area contributed by atoms with Gasteiger partial charge in [-0.3, -0.25) is 0 Å². The van der Waals surface area contributed by atoms with Crippen molar-refractivity contribution in [2.45, 2.75) is 19.6 Å². The van der Waals surface area contributed by atoms with Crippen LogP contribution in [0, 0.1) is 0 Å². The van der Waals surface area contributed by atoms with Crippen molar-refractivity contribution in [3.05, 3.63) is 12.7 Å². The van der Waals surface area contributed by atoms with Crippen LogP contribution >= 0.6 is 0 Å². The first-order chi connectivity index (χ1) is 4.77. The zero-order valence-electron chi connectivity index (χ0n) is 7.12. The molecule has 66 valence electrons. The van der Waals surface area contributed by atoms with E-state index in [4.69, 9.17) is 3.87 Å². The first-order valence-corrected chi connectivity index (χ1v) is 8.29. The zero-order chi connectivity index (χ0) is 9.12. The third kappa shape index (κ3) is 6.27. The lowest BCUT2D eigenvalue weighted by molar-refractivity contribution is 0.489. The van der Waals surface area contributed by atoms with E-state index in [1.54, 1.807) is 0 Å². The van der Waals surface area contributed by atoms with Crippen LogP contribution in [0.4, 0.5) is 0 Å². The average molecular weight is 194 g/mol. The maximum Gasteiger partial charge on any atom is 0.261 e. The van der Waals surface area contributed by atoms with Crippen LogP contribution in [0.25, 0.3) is 0 Å². The molecule has 0 spiro atoms. The summed E-state index contributed by atoms with van der Waals surface area (Å²) in [5.74, 6) is -0.0999. The van der Waals surface area contributed by atoms with Crippen molar-refractivity contribution in [3.8, 4) is 0 Å². The second-order valence-electron chi connectivity index (χ2n) is 3.21. The predicted molar refractivity (Wildman–Crippen MR) is 48.4 cm³/mol. The van der Waals surface area contributed by atoms with Gasteiger partial charge in [-0.25, -0.2) is 8.42 Å². The highest BCUT2D eigenvalue weighted by Gasteiger charge is 2.22. The molecule has 0 N–H and O–H groups in total. The first kappa shape index (κ1) is 10.9. The smallest absolute Gasteiger partial charge is 0.261 e. The maximum absolute atomic E-state index is 11.0. The third-order valence-electron chi connectivity index (χ3n) is 0.699. The Morgan fingerprint density at radius 3 is 2.18 bits per heavy atom. The van der Waals surface area contributed by atoms with E-state index in [9.17, 15) is 8.42 Å². The Kier molecular flexibility index (Phi) is 3.47. The lowest BCUT2D eigenvalue weighted by Crippen LogP contribution is -2.30. The SMILES string of the molecule is C=CCS(=O)(=O)O[Si](C)(C)C. The molecule has 0 aliphatic rings. The molecule has 0 amide bonds. The largest absolute Gasteiger partial charge is 0.315 e. The van der Waals surface area contributed by atoms with E-state index in [-0.39, 0.29) is 5.75 Å². The molecule has 0 heterocycles. The number of hydrogen-bond acceptors (Lipinski definition) is 3. The van der Waals surface area contributed by atoms with Gasteiger partial charge in [-0.05, 0) is 19.6 Å². The molecule has 5 heteroatoms. The summed E-state index contributed by atoms with van der Waals surface area (Å²) >= 11 is 0. The molecule has 3 nitrogen and oxygen atoms in total. The van der Waals surface area contributed by atoms with E-state index >= 15 is 0 Å². The molecule has 0 rings (SSSR count). The molecular weight excluding hydrogens is 180 g/mol. The van der Waals surface area contributed by atoms with Gasteiger partial charge in [0.2, 0.25) is 8.32 Å². The molecule has 0 aromatic heterocycles.